The Morgan fingerprint density at radius 2 is 2.25 bits per heavy atom. The molecule has 0 spiro atoms. The van der Waals surface area contributed by atoms with Crippen molar-refractivity contribution in [2.45, 2.75) is 12.0 Å². The number of likely N-dealkylation sites (N-methyl/N-ethyl adjacent to an activating group) is 1. The molecular formula is C13H13BrN4O2. The van der Waals surface area contributed by atoms with Crippen molar-refractivity contribution in [1.29, 1.82) is 0 Å². The third-order valence-corrected chi connectivity index (χ3v) is 3.91. The molecule has 20 heavy (non-hydrogen) atoms. The number of pyridine rings is 1. The van der Waals surface area contributed by atoms with E-state index in [1.165, 1.54) is 4.90 Å². The molecule has 1 N–H and O–H groups in total. The number of likely N-dealkylation sites (tertiary alicyclic amines) is 1. The average Bonchev–Trinajstić information content (AvgIpc) is 3.01. The van der Waals surface area contributed by atoms with Crippen molar-refractivity contribution in [1.82, 2.24) is 19.4 Å². The van der Waals surface area contributed by atoms with E-state index in [1.54, 1.807) is 30.1 Å². The number of carbonyl (C=O) groups excluding carboxylic acids is 1. The predicted octanol–water partition coefficient (Wildman–Crippen LogP) is 1.08. The molecule has 1 aliphatic rings. The molecule has 7 heteroatoms. The van der Waals surface area contributed by atoms with Crippen LogP contribution in [-0.4, -0.2) is 44.0 Å². The van der Waals surface area contributed by atoms with Crippen molar-refractivity contribution in [3.8, 4) is 5.82 Å². The summed E-state index contributed by atoms with van der Waals surface area (Å²) in [7, 11) is 1.67. The monoisotopic (exact) mass is 336 g/mol. The smallest absolute Gasteiger partial charge is 0.262 e. The van der Waals surface area contributed by atoms with Crippen LogP contribution in [0.3, 0.4) is 0 Å². The predicted molar refractivity (Wildman–Crippen MR) is 75.2 cm³/mol. The number of halogens is 1. The molecule has 3 heterocycles. The third-order valence-electron chi connectivity index (χ3n) is 3.47. The van der Waals surface area contributed by atoms with Gasteiger partial charge in [-0.25, -0.2) is 9.97 Å². The second kappa shape index (κ2) is 4.68. The van der Waals surface area contributed by atoms with Crippen molar-refractivity contribution in [3.05, 3.63) is 41.0 Å². The molecule has 2 aromatic heterocycles. The molecule has 1 aliphatic heterocycles. The van der Waals surface area contributed by atoms with Gasteiger partial charge in [-0.1, -0.05) is 6.07 Å². The van der Waals surface area contributed by atoms with Crippen LogP contribution < -0.4 is 0 Å². The van der Waals surface area contributed by atoms with Crippen molar-refractivity contribution in [3.63, 3.8) is 0 Å². The van der Waals surface area contributed by atoms with E-state index in [2.05, 4.69) is 25.9 Å². The number of imidazole rings is 1. The highest BCUT2D eigenvalue weighted by molar-refractivity contribution is 9.10. The summed E-state index contributed by atoms with van der Waals surface area (Å²) in [5.41, 5.74) is -1.58. The van der Waals surface area contributed by atoms with Crippen molar-refractivity contribution in [2.24, 2.45) is 0 Å². The molecule has 104 valence electrons. The number of aromatic nitrogens is 3. The topological polar surface area (TPSA) is 71.2 Å². The summed E-state index contributed by atoms with van der Waals surface area (Å²) < 4.78 is 2.32. The minimum atomic E-state index is -1.58. The van der Waals surface area contributed by atoms with Crippen LogP contribution in [0.25, 0.3) is 5.82 Å². The summed E-state index contributed by atoms with van der Waals surface area (Å²) in [5.74, 6) is 0.569. The molecule has 1 amide bonds. The Hall–Kier alpha value is -1.73. The molecule has 0 aliphatic carbocycles. The van der Waals surface area contributed by atoms with Crippen LogP contribution in [-0.2, 0) is 10.4 Å². The highest BCUT2D eigenvalue weighted by Gasteiger charge is 2.48. The van der Waals surface area contributed by atoms with E-state index < -0.39 is 5.60 Å². The third kappa shape index (κ3) is 1.94. The minimum Gasteiger partial charge on any atom is -0.373 e. The summed E-state index contributed by atoms with van der Waals surface area (Å²) in [4.78, 5) is 22.2. The summed E-state index contributed by atoms with van der Waals surface area (Å²) in [6.45, 7) is 0.508. The van der Waals surface area contributed by atoms with Crippen molar-refractivity contribution < 1.29 is 9.90 Å². The SMILES string of the molecule is CN1CCC(O)(c2nccn2-c2cccc(Br)n2)C1=O. The van der Waals surface area contributed by atoms with Gasteiger partial charge in [0.15, 0.2) is 5.82 Å². The van der Waals surface area contributed by atoms with Gasteiger partial charge < -0.3 is 10.0 Å². The lowest BCUT2D eigenvalue weighted by Gasteiger charge is -2.21. The highest BCUT2D eigenvalue weighted by atomic mass is 79.9. The quantitative estimate of drug-likeness (QED) is 0.833. The van der Waals surface area contributed by atoms with Gasteiger partial charge in [0.1, 0.15) is 10.4 Å². The summed E-state index contributed by atoms with van der Waals surface area (Å²) in [5, 5.41) is 10.7. The number of nitrogens with zero attached hydrogens (tertiary/aromatic N) is 4. The van der Waals surface area contributed by atoms with E-state index in [-0.39, 0.29) is 5.91 Å². The maximum Gasteiger partial charge on any atom is 0.262 e. The van der Waals surface area contributed by atoms with E-state index in [1.807, 2.05) is 12.1 Å². The lowest BCUT2D eigenvalue weighted by molar-refractivity contribution is -0.143. The molecule has 0 aromatic carbocycles. The Balaban J connectivity index is 2.10. The summed E-state index contributed by atoms with van der Waals surface area (Å²) >= 11 is 3.31. The number of carbonyl (C=O) groups is 1. The highest BCUT2D eigenvalue weighted by Crippen LogP contribution is 2.32. The van der Waals surface area contributed by atoms with Crippen molar-refractivity contribution in [2.75, 3.05) is 13.6 Å². The molecule has 6 nitrogen and oxygen atoms in total. The van der Waals surface area contributed by atoms with Gasteiger partial charge >= 0.3 is 0 Å². The largest absolute Gasteiger partial charge is 0.373 e. The molecule has 1 fully saturated rings. The number of hydrogen-bond acceptors (Lipinski definition) is 4. The van der Waals surface area contributed by atoms with E-state index in [9.17, 15) is 9.90 Å². The molecule has 1 atom stereocenters. The molecule has 0 bridgehead atoms. The molecule has 1 unspecified atom stereocenters. The molecule has 0 radical (unpaired) electrons. The van der Waals surface area contributed by atoms with Crippen LogP contribution in [0.4, 0.5) is 0 Å². The Bertz CT molecular complexity index is 672. The Morgan fingerprint density at radius 3 is 2.90 bits per heavy atom. The van der Waals surface area contributed by atoms with Crippen LogP contribution in [0.1, 0.15) is 12.2 Å². The van der Waals surface area contributed by atoms with Crippen LogP contribution in [0, 0.1) is 0 Å². The van der Waals surface area contributed by atoms with Gasteiger partial charge in [0.2, 0.25) is 5.60 Å². The number of hydrogen-bond donors (Lipinski definition) is 1. The van der Waals surface area contributed by atoms with Crippen LogP contribution in [0.2, 0.25) is 0 Å². The Morgan fingerprint density at radius 1 is 1.45 bits per heavy atom. The maximum absolute atomic E-state index is 12.2. The summed E-state index contributed by atoms with van der Waals surface area (Å²) in [6.07, 6.45) is 3.57. The van der Waals surface area contributed by atoms with E-state index in [4.69, 9.17) is 0 Å². The first-order chi connectivity index (χ1) is 9.52. The van der Waals surface area contributed by atoms with Gasteiger partial charge in [-0.3, -0.25) is 9.36 Å². The lowest BCUT2D eigenvalue weighted by atomic mass is 10.0. The van der Waals surface area contributed by atoms with Gasteiger partial charge in [-0.2, -0.15) is 0 Å². The number of aliphatic hydroxyl groups is 1. The fourth-order valence-corrected chi connectivity index (χ4v) is 2.72. The normalized spacial score (nSPS) is 22.6. The zero-order valence-corrected chi connectivity index (χ0v) is 12.4. The first kappa shape index (κ1) is 13.3. The van der Waals surface area contributed by atoms with Gasteiger partial charge in [0.05, 0.1) is 0 Å². The van der Waals surface area contributed by atoms with E-state index in [0.717, 1.165) is 0 Å². The van der Waals surface area contributed by atoms with Crippen LogP contribution in [0.5, 0.6) is 0 Å². The first-order valence-electron chi connectivity index (χ1n) is 6.17. The average molecular weight is 337 g/mol. The minimum absolute atomic E-state index is 0.303. The second-order valence-electron chi connectivity index (χ2n) is 4.78. The second-order valence-corrected chi connectivity index (χ2v) is 5.59. The van der Waals surface area contributed by atoms with Crippen LogP contribution >= 0.6 is 15.9 Å². The lowest BCUT2D eigenvalue weighted by Crippen LogP contribution is -2.38. The Labute approximate surface area is 124 Å². The molecule has 1 saturated heterocycles. The van der Waals surface area contributed by atoms with Gasteiger partial charge in [0.25, 0.3) is 5.91 Å². The Kier molecular flexibility index (Phi) is 3.10. The van der Waals surface area contributed by atoms with Gasteiger partial charge in [-0.15, -0.1) is 0 Å². The van der Waals surface area contributed by atoms with E-state index >= 15 is 0 Å². The fourth-order valence-electron chi connectivity index (χ4n) is 2.39. The molecular weight excluding hydrogens is 324 g/mol. The fraction of sp³-hybridized carbons (Fsp3) is 0.308. The molecule has 2 aromatic rings. The zero-order chi connectivity index (χ0) is 14.3. The number of rotatable bonds is 2. The molecule has 3 rings (SSSR count). The van der Waals surface area contributed by atoms with Gasteiger partial charge in [0, 0.05) is 32.4 Å². The first-order valence-corrected chi connectivity index (χ1v) is 6.96. The van der Waals surface area contributed by atoms with Crippen LogP contribution in [0.15, 0.2) is 35.2 Å². The maximum atomic E-state index is 12.2. The van der Waals surface area contributed by atoms with E-state index in [0.29, 0.717) is 29.2 Å². The number of amides is 1. The molecule has 0 saturated carbocycles. The zero-order valence-electron chi connectivity index (χ0n) is 10.8. The van der Waals surface area contributed by atoms with Gasteiger partial charge in [-0.05, 0) is 28.1 Å². The summed E-state index contributed by atoms with van der Waals surface area (Å²) in [6, 6.07) is 5.44. The standard InChI is InChI=1S/C13H13BrN4O2/c1-17-7-5-13(20,12(17)19)11-15-6-8-18(11)10-4-2-3-9(14)16-10/h2-4,6,8,20H,5,7H2,1H3. The van der Waals surface area contributed by atoms with Crippen molar-refractivity contribution >= 4 is 21.8 Å².